The molecule has 0 saturated carbocycles. The molecule has 0 bridgehead atoms. The first-order chi connectivity index (χ1) is 14.0. The van der Waals surface area contributed by atoms with E-state index in [0.717, 1.165) is 0 Å². The molecule has 10 heteroatoms. The minimum absolute atomic E-state index is 0.00798. The number of carbonyl (C=O) groups excluding carboxylic acids is 4. The van der Waals surface area contributed by atoms with Gasteiger partial charge in [0, 0.05) is 25.8 Å². The molecule has 0 unspecified atom stereocenters. The van der Waals surface area contributed by atoms with E-state index in [1.165, 1.54) is 0 Å². The number of rotatable bonds is 18. The zero-order valence-corrected chi connectivity index (χ0v) is 17.4. The number of nitrogens with one attached hydrogen (secondary N) is 1. The molecule has 0 atom stereocenters. The third-order valence-electron chi connectivity index (χ3n) is 3.34. The lowest BCUT2D eigenvalue weighted by atomic mass is 10.3. The van der Waals surface area contributed by atoms with E-state index in [1.807, 2.05) is 6.92 Å². The minimum atomic E-state index is -0.523. The quantitative estimate of drug-likeness (QED) is 0.195. The van der Waals surface area contributed by atoms with Crippen LogP contribution < -0.4 is 5.32 Å². The lowest BCUT2D eigenvalue weighted by molar-refractivity contribution is -0.152. The van der Waals surface area contributed by atoms with Crippen LogP contribution >= 0.6 is 0 Å². The standard InChI is InChI=1S/C19H33NO9/c1-3-5-18(23)28-14-15-29-19(24)7-6-16(21)20-8-9-25-10-11-26-12-13-27-17(22)4-2/h3-15H2,1-2H3,(H,20,21). The molecule has 29 heavy (non-hydrogen) atoms. The zero-order chi connectivity index (χ0) is 21.7. The van der Waals surface area contributed by atoms with Gasteiger partial charge in [-0.15, -0.1) is 0 Å². The van der Waals surface area contributed by atoms with Gasteiger partial charge in [0.2, 0.25) is 5.91 Å². The molecule has 0 aliphatic heterocycles. The first-order valence-corrected chi connectivity index (χ1v) is 9.88. The van der Waals surface area contributed by atoms with Crippen LogP contribution in [0.4, 0.5) is 0 Å². The molecule has 168 valence electrons. The van der Waals surface area contributed by atoms with Crippen molar-refractivity contribution in [1.29, 1.82) is 0 Å². The van der Waals surface area contributed by atoms with Crippen molar-refractivity contribution in [2.24, 2.45) is 0 Å². The maximum atomic E-state index is 11.6. The summed E-state index contributed by atoms with van der Waals surface area (Å²) in [4.78, 5) is 45.1. The van der Waals surface area contributed by atoms with Crippen molar-refractivity contribution in [1.82, 2.24) is 5.32 Å². The lowest BCUT2D eigenvalue weighted by Gasteiger charge is -2.08. The molecule has 10 nitrogen and oxygen atoms in total. The normalized spacial score (nSPS) is 10.3. The van der Waals surface area contributed by atoms with E-state index >= 15 is 0 Å². The van der Waals surface area contributed by atoms with Crippen molar-refractivity contribution in [3.05, 3.63) is 0 Å². The smallest absolute Gasteiger partial charge is 0.306 e. The third kappa shape index (κ3) is 18.9. The van der Waals surface area contributed by atoms with E-state index in [0.29, 0.717) is 52.2 Å². The summed E-state index contributed by atoms with van der Waals surface area (Å²) in [6.45, 7) is 5.45. The average molecular weight is 419 g/mol. The third-order valence-corrected chi connectivity index (χ3v) is 3.34. The Labute approximate surface area is 171 Å². The second kappa shape index (κ2) is 19.1. The molecule has 0 aliphatic rings. The van der Waals surface area contributed by atoms with Crippen LogP contribution in [-0.2, 0) is 42.9 Å². The fraction of sp³-hybridized carbons (Fsp3) is 0.789. The largest absolute Gasteiger partial charge is 0.463 e. The first kappa shape index (κ1) is 26.8. The van der Waals surface area contributed by atoms with E-state index in [-0.39, 0.29) is 50.5 Å². The van der Waals surface area contributed by atoms with Crippen molar-refractivity contribution in [2.75, 3.05) is 52.8 Å². The topological polar surface area (TPSA) is 126 Å². The van der Waals surface area contributed by atoms with E-state index in [1.54, 1.807) is 6.92 Å². The van der Waals surface area contributed by atoms with Crippen LogP contribution in [0.1, 0.15) is 46.0 Å². The van der Waals surface area contributed by atoms with Gasteiger partial charge in [-0.3, -0.25) is 19.2 Å². The summed E-state index contributed by atoms with van der Waals surface area (Å²) in [6, 6.07) is 0. The Hall–Kier alpha value is -2.20. The van der Waals surface area contributed by atoms with E-state index in [9.17, 15) is 19.2 Å². The van der Waals surface area contributed by atoms with Gasteiger partial charge in [-0.1, -0.05) is 13.8 Å². The molecular weight excluding hydrogens is 386 g/mol. The molecule has 1 amide bonds. The molecule has 0 fully saturated rings. The summed E-state index contributed by atoms with van der Waals surface area (Å²) in [7, 11) is 0. The summed E-state index contributed by atoms with van der Waals surface area (Å²) in [5, 5.41) is 2.62. The summed E-state index contributed by atoms with van der Waals surface area (Å²) < 4.78 is 25.1. The SMILES string of the molecule is CCCC(=O)OCCOC(=O)CCC(=O)NCCOCCOCCOC(=O)CC. The Bertz CT molecular complexity index is 482. The zero-order valence-electron chi connectivity index (χ0n) is 17.4. The predicted molar refractivity (Wildman–Crippen MR) is 102 cm³/mol. The minimum Gasteiger partial charge on any atom is -0.463 e. The van der Waals surface area contributed by atoms with Crippen LogP contribution in [0.25, 0.3) is 0 Å². The first-order valence-electron chi connectivity index (χ1n) is 9.88. The lowest BCUT2D eigenvalue weighted by Crippen LogP contribution is -2.28. The van der Waals surface area contributed by atoms with Crippen LogP contribution in [0.5, 0.6) is 0 Å². The van der Waals surface area contributed by atoms with Crippen molar-refractivity contribution >= 4 is 23.8 Å². The van der Waals surface area contributed by atoms with E-state index in [4.69, 9.17) is 23.7 Å². The van der Waals surface area contributed by atoms with Crippen LogP contribution in [0, 0.1) is 0 Å². The molecule has 0 aromatic rings. The molecular formula is C19H33NO9. The molecule has 0 spiro atoms. The van der Waals surface area contributed by atoms with Gasteiger partial charge in [0.15, 0.2) is 0 Å². The fourth-order valence-corrected chi connectivity index (χ4v) is 1.86. The fourth-order valence-electron chi connectivity index (χ4n) is 1.86. The van der Waals surface area contributed by atoms with Gasteiger partial charge >= 0.3 is 17.9 Å². The van der Waals surface area contributed by atoms with Crippen LogP contribution in [0.3, 0.4) is 0 Å². The van der Waals surface area contributed by atoms with Crippen LogP contribution in [0.2, 0.25) is 0 Å². The molecule has 0 radical (unpaired) electrons. The van der Waals surface area contributed by atoms with Crippen molar-refractivity contribution in [3.63, 3.8) is 0 Å². The van der Waals surface area contributed by atoms with Crippen LogP contribution in [-0.4, -0.2) is 76.6 Å². The Morgan fingerprint density at radius 1 is 0.621 bits per heavy atom. The van der Waals surface area contributed by atoms with Crippen molar-refractivity contribution in [2.45, 2.75) is 46.0 Å². The predicted octanol–water partition coefficient (Wildman–Crippen LogP) is 0.756. The van der Waals surface area contributed by atoms with E-state index in [2.05, 4.69) is 5.32 Å². The Balaban J connectivity index is 3.42. The summed E-state index contributed by atoms with van der Waals surface area (Å²) in [6.07, 6.45) is 1.33. The maximum Gasteiger partial charge on any atom is 0.306 e. The Kier molecular flexibility index (Phi) is 17.7. The molecule has 0 aliphatic carbocycles. The average Bonchev–Trinajstić information content (AvgIpc) is 2.71. The highest BCUT2D eigenvalue weighted by Gasteiger charge is 2.08. The molecule has 0 aromatic carbocycles. The highest BCUT2D eigenvalue weighted by Crippen LogP contribution is 1.95. The van der Waals surface area contributed by atoms with Crippen LogP contribution in [0.15, 0.2) is 0 Å². The van der Waals surface area contributed by atoms with Gasteiger partial charge in [0.25, 0.3) is 0 Å². The number of carbonyl (C=O) groups is 4. The van der Waals surface area contributed by atoms with Gasteiger partial charge in [0.1, 0.15) is 19.8 Å². The molecule has 0 aromatic heterocycles. The number of hydrogen-bond donors (Lipinski definition) is 1. The van der Waals surface area contributed by atoms with Gasteiger partial charge in [-0.2, -0.15) is 0 Å². The maximum absolute atomic E-state index is 11.6. The summed E-state index contributed by atoms with van der Waals surface area (Å²) >= 11 is 0. The highest BCUT2D eigenvalue weighted by atomic mass is 16.6. The molecule has 0 rings (SSSR count). The molecule has 0 heterocycles. The Morgan fingerprint density at radius 2 is 1.14 bits per heavy atom. The second-order valence-electron chi connectivity index (χ2n) is 5.84. The number of esters is 3. The second-order valence-corrected chi connectivity index (χ2v) is 5.84. The number of amides is 1. The highest BCUT2D eigenvalue weighted by molar-refractivity contribution is 5.81. The van der Waals surface area contributed by atoms with Crippen molar-refractivity contribution in [3.8, 4) is 0 Å². The Morgan fingerprint density at radius 3 is 1.76 bits per heavy atom. The molecule has 1 N–H and O–H groups in total. The number of hydrogen-bond acceptors (Lipinski definition) is 9. The van der Waals surface area contributed by atoms with Gasteiger partial charge in [-0.25, -0.2) is 0 Å². The van der Waals surface area contributed by atoms with Gasteiger partial charge in [0.05, 0.1) is 32.8 Å². The number of ether oxygens (including phenoxy) is 5. The van der Waals surface area contributed by atoms with E-state index < -0.39 is 5.97 Å². The summed E-state index contributed by atoms with van der Waals surface area (Å²) in [5.41, 5.74) is 0. The monoisotopic (exact) mass is 419 g/mol. The molecule has 0 saturated heterocycles. The van der Waals surface area contributed by atoms with Gasteiger partial charge in [-0.05, 0) is 6.42 Å². The summed E-state index contributed by atoms with van der Waals surface area (Å²) in [5.74, 6) is -1.39. The van der Waals surface area contributed by atoms with Crippen molar-refractivity contribution < 1.29 is 42.9 Å². The van der Waals surface area contributed by atoms with Gasteiger partial charge < -0.3 is 29.0 Å².